The van der Waals surface area contributed by atoms with Gasteiger partial charge < -0.3 is 5.11 Å². The van der Waals surface area contributed by atoms with E-state index in [-0.39, 0.29) is 5.82 Å². The molecule has 0 spiro atoms. The summed E-state index contributed by atoms with van der Waals surface area (Å²) in [5, 5.41) is 13.4. The topological polar surface area (TPSA) is 67.5 Å². The Kier molecular flexibility index (Phi) is 2.32. The van der Waals surface area contributed by atoms with Crippen molar-refractivity contribution in [1.82, 2.24) is 14.6 Å². The van der Waals surface area contributed by atoms with E-state index in [0.717, 1.165) is 0 Å². The highest BCUT2D eigenvalue weighted by molar-refractivity contribution is 6.30. The minimum atomic E-state index is -0.947. The summed E-state index contributed by atoms with van der Waals surface area (Å²) in [6.07, 6.45) is 1.64. The summed E-state index contributed by atoms with van der Waals surface area (Å²) in [5.41, 5.74) is 0.547. The minimum absolute atomic E-state index is 0.282. The van der Waals surface area contributed by atoms with Crippen LogP contribution in [-0.2, 0) is 4.79 Å². The van der Waals surface area contributed by atoms with Gasteiger partial charge in [-0.15, -0.1) is 0 Å². The second kappa shape index (κ2) is 3.51. The number of rotatable bonds is 2. The number of aromatic nitrogens is 3. The zero-order chi connectivity index (χ0) is 11.0. The van der Waals surface area contributed by atoms with Crippen molar-refractivity contribution in [1.29, 1.82) is 0 Å². The smallest absolute Gasteiger partial charge is 0.314 e. The molecule has 0 aromatic carbocycles. The molecule has 1 N–H and O–H groups in total. The number of aliphatic carboxylic acids is 1. The highest BCUT2D eigenvalue weighted by Crippen LogP contribution is 2.15. The lowest BCUT2D eigenvalue weighted by Crippen LogP contribution is -2.09. The lowest BCUT2D eigenvalue weighted by atomic mass is 10.2. The van der Waals surface area contributed by atoms with Crippen LogP contribution in [-0.4, -0.2) is 25.7 Å². The fourth-order valence-corrected chi connectivity index (χ4v) is 1.32. The standard InChI is InChI=1S/C9H8ClN3O2/c1-5(9(14)15)8-11-7-4-6(10)2-3-13(7)12-8/h2-5H,1H3,(H,14,15). The number of fused-ring (bicyclic) bond motifs is 1. The molecule has 2 heterocycles. The Balaban J connectivity index is 2.51. The molecule has 2 rings (SSSR count). The van der Waals surface area contributed by atoms with Crippen LogP contribution in [0.15, 0.2) is 18.3 Å². The summed E-state index contributed by atoms with van der Waals surface area (Å²) in [6.45, 7) is 1.54. The van der Waals surface area contributed by atoms with Gasteiger partial charge in [-0.25, -0.2) is 9.50 Å². The van der Waals surface area contributed by atoms with Gasteiger partial charge in [0, 0.05) is 17.3 Å². The third-order valence-corrected chi connectivity index (χ3v) is 2.31. The van der Waals surface area contributed by atoms with Crippen molar-refractivity contribution < 1.29 is 9.90 Å². The van der Waals surface area contributed by atoms with E-state index in [1.807, 2.05) is 0 Å². The lowest BCUT2D eigenvalue weighted by molar-refractivity contribution is -0.138. The van der Waals surface area contributed by atoms with E-state index in [0.29, 0.717) is 10.7 Å². The summed E-state index contributed by atoms with van der Waals surface area (Å²) >= 11 is 5.77. The van der Waals surface area contributed by atoms with E-state index in [4.69, 9.17) is 16.7 Å². The summed E-state index contributed by atoms with van der Waals surface area (Å²) < 4.78 is 1.50. The molecule has 2 aromatic rings. The van der Waals surface area contributed by atoms with Crippen molar-refractivity contribution in [2.24, 2.45) is 0 Å². The van der Waals surface area contributed by atoms with Gasteiger partial charge >= 0.3 is 5.97 Å². The highest BCUT2D eigenvalue weighted by Gasteiger charge is 2.18. The van der Waals surface area contributed by atoms with E-state index >= 15 is 0 Å². The summed E-state index contributed by atoms with van der Waals surface area (Å²) in [6, 6.07) is 3.30. The second-order valence-electron chi connectivity index (χ2n) is 3.18. The minimum Gasteiger partial charge on any atom is -0.481 e. The Hall–Kier alpha value is -1.62. The lowest BCUT2D eigenvalue weighted by Gasteiger charge is -1.97. The first-order chi connectivity index (χ1) is 7.08. The van der Waals surface area contributed by atoms with E-state index < -0.39 is 11.9 Å². The molecule has 0 bridgehead atoms. The molecule has 5 nitrogen and oxygen atoms in total. The molecule has 2 aromatic heterocycles. The van der Waals surface area contributed by atoms with Crippen LogP contribution in [0.3, 0.4) is 0 Å². The Morgan fingerprint density at radius 3 is 3.07 bits per heavy atom. The molecule has 0 radical (unpaired) electrons. The van der Waals surface area contributed by atoms with Crippen LogP contribution >= 0.6 is 11.6 Å². The SMILES string of the molecule is CC(C(=O)O)c1nc2cc(Cl)ccn2n1. The molecule has 1 unspecified atom stereocenters. The average Bonchev–Trinajstić information content (AvgIpc) is 2.58. The molecule has 78 valence electrons. The normalized spacial score (nSPS) is 12.9. The van der Waals surface area contributed by atoms with Gasteiger partial charge in [0.25, 0.3) is 0 Å². The van der Waals surface area contributed by atoms with E-state index in [2.05, 4.69) is 10.1 Å². The molecule has 15 heavy (non-hydrogen) atoms. The average molecular weight is 226 g/mol. The van der Waals surface area contributed by atoms with Gasteiger partial charge in [-0.2, -0.15) is 5.10 Å². The Morgan fingerprint density at radius 1 is 1.67 bits per heavy atom. The van der Waals surface area contributed by atoms with Gasteiger partial charge in [0.2, 0.25) is 0 Å². The third kappa shape index (κ3) is 1.78. The molecule has 1 atom stereocenters. The van der Waals surface area contributed by atoms with E-state index in [1.165, 1.54) is 4.52 Å². The Bertz CT molecular complexity index is 523. The summed E-state index contributed by atoms with van der Waals surface area (Å²) in [5.74, 6) is -1.38. The molecular formula is C9H8ClN3O2. The fraction of sp³-hybridized carbons (Fsp3) is 0.222. The number of carboxylic acids is 1. The van der Waals surface area contributed by atoms with Crippen LogP contribution in [0.25, 0.3) is 5.65 Å². The summed E-state index contributed by atoms with van der Waals surface area (Å²) in [4.78, 5) is 14.8. The van der Waals surface area contributed by atoms with Crippen molar-refractivity contribution in [2.45, 2.75) is 12.8 Å². The van der Waals surface area contributed by atoms with Crippen LogP contribution in [0.4, 0.5) is 0 Å². The van der Waals surface area contributed by atoms with Gasteiger partial charge in [-0.3, -0.25) is 4.79 Å². The number of hydrogen-bond acceptors (Lipinski definition) is 3. The van der Waals surface area contributed by atoms with Crippen molar-refractivity contribution in [3.8, 4) is 0 Å². The third-order valence-electron chi connectivity index (χ3n) is 2.07. The molecule has 0 aliphatic carbocycles. The number of carbonyl (C=O) groups is 1. The van der Waals surface area contributed by atoms with Crippen molar-refractivity contribution in [3.63, 3.8) is 0 Å². The van der Waals surface area contributed by atoms with Crippen LogP contribution in [0.1, 0.15) is 18.7 Å². The van der Waals surface area contributed by atoms with Gasteiger partial charge in [-0.1, -0.05) is 11.6 Å². The van der Waals surface area contributed by atoms with Crippen molar-refractivity contribution >= 4 is 23.2 Å². The van der Waals surface area contributed by atoms with Gasteiger partial charge in [-0.05, 0) is 13.0 Å². The van der Waals surface area contributed by atoms with Gasteiger partial charge in [0.15, 0.2) is 11.5 Å². The molecule has 6 heteroatoms. The number of pyridine rings is 1. The Labute approximate surface area is 90.3 Å². The van der Waals surface area contributed by atoms with Crippen LogP contribution < -0.4 is 0 Å². The van der Waals surface area contributed by atoms with E-state index in [9.17, 15) is 4.79 Å². The molecule has 0 saturated carbocycles. The molecule has 0 fully saturated rings. The number of nitrogens with zero attached hydrogens (tertiary/aromatic N) is 3. The summed E-state index contributed by atoms with van der Waals surface area (Å²) in [7, 11) is 0. The predicted molar refractivity (Wildman–Crippen MR) is 54.0 cm³/mol. The first kappa shape index (κ1) is 9.92. The van der Waals surface area contributed by atoms with Gasteiger partial charge in [0.05, 0.1) is 0 Å². The van der Waals surface area contributed by atoms with E-state index in [1.54, 1.807) is 25.3 Å². The van der Waals surface area contributed by atoms with Crippen molar-refractivity contribution in [2.75, 3.05) is 0 Å². The zero-order valence-corrected chi connectivity index (χ0v) is 8.64. The van der Waals surface area contributed by atoms with Crippen molar-refractivity contribution in [3.05, 3.63) is 29.2 Å². The van der Waals surface area contributed by atoms with Crippen LogP contribution in [0.5, 0.6) is 0 Å². The highest BCUT2D eigenvalue weighted by atomic mass is 35.5. The molecule has 0 aliphatic rings. The monoisotopic (exact) mass is 225 g/mol. The first-order valence-electron chi connectivity index (χ1n) is 4.32. The van der Waals surface area contributed by atoms with Gasteiger partial charge in [0.1, 0.15) is 5.92 Å². The maximum absolute atomic E-state index is 10.7. The second-order valence-corrected chi connectivity index (χ2v) is 3.61. The molecule has 0 aliphatic heterocycles. The molecule has 0 amide bonds. The fourth-order valence-electron chi connectivity index (χ4n) is 1.17. The van der Waals surface area contributed by atoms with Crippen LogP contribution in [0.2, 0.25) is 5.02 Å². The molecular weight excluding hydrogens is 218 g/mol. The number of carboxylic acid groups (broad SMARTS) is 1. The maximum atomic E-state index is 10.7. The van der Waals surface area contributed by atoms with Crippen LogP contribution in [0, 0.1) is 0 Å². The first-order valence-corrected chi connectivity index (χ1v) is 4.70. The largest absolute Gasteiger partial charge is 0.481 e. The number of hydrogen-bond donors (Lipinski definition) is 1. The number of halogens is 1. The zero-order valence-electron chi connectivity index (χ0n) is 7.88. The predicted octanol–water partition coefficient (Wildman–Crippen LogP) is 1.57. The maximum Gasteiger partial charge on any atom is 0.314 e. The molecule has 0 saturated heterocycles. The Morgan fingerprint density at radius 2 is 2.40 bits per heavy atom. The quantitative estimate of drug-likeness (QED) is 0.843.